The normalized spacial score (nSPS) is 11.8. The molecule has 0 aliphatic heterocycles. The SMILES string of the molecule is C[C@H](N=[N+]=[N-])c1ccccc1F. The van der Waals surface area contributed by atoms with Crippen molar-refractivity contribution in [1.29, 1.82) is 0 Å². The molecule has 12 heavy (non-hydrogen) atoms. The van der Waals surface area contributed by atoms with Crippen molar-refractivity contribution in [3.05, 3.63) is 46.1 Å². The predicted octanol–water partition coefficient (Wildman–Crippen LogP) is 3.20. The molecule has 1 aromatic rings. The van der Waals surface area contributed by atoms with E-state index in [0.29, 0.717) is 5.56 Å². The molecule has 0 aliphatic rings. The fraction of sp³-hybridized carbons (Fsp3) is 0.250. The smallest absolute Gasteiger partial charge is 0.126 e. The Hall–Kier alpha value is -1.54. The largest absolute Gasteiger partial charge is 0.207 e. The number of benzene rings is 1. The van der Waals surface area contributed by atoms with Gasteiger partial charge in [-0.15, -0.1) is 0 Å². The van der Waals surface area contributed by atoms with Gasteiger partial charge in [-0.1, -0.05) is 30.2 Å². The fourth-order valence-electron chi connectivity index (χ4n) is 0.954. The molecule has 0 spiro atoms. The second-order valence-electron chi connectivity index (χ2n) is 2.40. The molecule has 0 radical (unpaired) electrons. The number of halogens is 1. The van der Waals surface area contributed by atoms with Gasteiger partial charge in [-0.3, -0.25) is 0 Å². The molecule has 0 amide bonds. The first kappa shape index (κ1) is 8.56. The van der Waals surface area contributed by atoms with Gasteiger partial charge < -0.3 is 0 Å². The van der Waals surface area contributed by atoms with Crippen LogP contribution in [-0.2, 0) is 0 Å². The maximum atomic E-state index is 13.0. The molecule has 0 aromatic heterocycles. The zero-order chi connectivity index (χ0) is 8.97. The van der Waals surface area contributed by atoms with E-state index in [0.717, 1.165) is 0 Å². The third-order valence-electron chi connectivity index (χ3n) is 1.58. The van der Waals surface area contributed by atoms with Crippen LogP contribution in [0.2, 0.25) is 0 Å². The molecule has 4 heteroatoms. The van der Waals surface area contributed by atoms with Gasteiger partial charge in [-0.05, 0) is 17.2 Å². The molecule has 0 bridgehead atoms. The minimum atomic E-state index is -0.448. The Morgan fingerprint density at radius 1 is 1.50 bits per heavy atom. The summed E-state index contributed by atoms with van der Waals surface area (Å²) in [6.07, 6.45) is 0. The molecule has 0 unspecified atom stereocenters. The van der Waals surface area contributed by atoms with Crippen molar-refractivity contribution in [3.63, 3.8) is 0 Å². The summed E-state index contributed by atoms with van der Waals surface area (Å²) in [5, 5.41) is 3.40. The van der Waals surface area contributed by atoms with Crippen molar-refractivity contribution in [2.45, 2.75) is 13.0 Å². The van der Waals surface area contributed by atoms with Gasteiger partial charge in [0, 0.05) is 4.91 Å². The van der Waals surface area contributed by atoms with Gasteiger partial charge in [0.25, 0.3) is 0 Å². The summed E-state index contributed by atoms with van der Waals surface area (Å²) in [6.45, 7) is 1.65. The molecule has 62 valence electrons. The first-order chi connectivity index (χ1) is 5.75. The maximum absolute atomic E-state index is 13.0. The zero-order valence-electron chi connectivity index (χ0n) is 6.61. The average molecular weight is 165 g/mol. The van der Waals surface area contributed by atoms with Crippen LogP contribution < -0.4 is 0 Å². The molecular weight excluding hydrogens is 157 g/mol. The van der Waals surface area contributed by atoms with Crippen LogP contribution in [0.3, 0.4) is 0 Å². The number of hydrogen-bond donors (Lipinski definition) is 0. The molecule has 1 aromatic carbocycles. The Kier molecular flexibility index (Phi) is 2.66. The molecular formula is C8H8FN3. The number of nitrogens with zero attached hydrogens (tertiary/aromatic N) is 3. The molecule has 0 aliphatic carbocycles. The highest BCUT2D eigenvalue weighted by Crippen LogP contribution is 2.19. The molecule has 1 rings (SSSR count). The molecule has 0 saturated carbocycles. The highest BCUT2D eigenvalue weighted by atomic mass is 19.1. The van der Waals surface area contributed by atoms with Crippen molar-refractivity contribution in [3.8, 4) is 0 Å². The van der Waals surface area contributed by atoms with Crippen molar-refractivity contribution in [2.75, 3.05) is 0 Å². The van der Waals surface area contributed by atoms with Gasteiger partial charge in [0.1, 0.15) is 5.82 Å². The molecule has 3 nitrogen and oxygen atoms in total. The number of hydrogen-bond acceptors (Lipinski definition) is 1. The Morgan fingerprint density at radius 3 is 2.75 bits per heavy atom. The summed E-state index contributed by atoms with van der Waals surface area (Å²) in [7, 11) is 0. The monoisotopic (exact) mass is 165 g/mol. The van der Waals surface area contributed by atoms with Gasteiger partial charge >= 0.3 is 0 Å². The first-order valence-corrected chi connectivity index (χ1v) is 3.54. The van der Waals surface area contributed by atoms with E-state index >= 15 is 0 Å². The van der Waals surface area contributed by atoms with Crippen LogP contribution in [0, 0.1) is 5.82 Å². The number of azide groups is 1. The van der Waals surface area contributed by atoms with Crippen LogP contribution in [0.15, 0.2) is 29.4 Å². The van der Waals surface area contributed by atoms with E-state index in [1.807, 2.05) is 0 Å². The predicted molar refractivity (Wildman–Crippen MR) is 44.0 cm³/mol. The standard InChI is InChI=1S/C8H8FN3/c1-6(11-12-10)7-4-2-3-5-8(7)9/h2-6H,1H3/t6-/m0/s1. The van der Waals surface area contributed by atoms with Gasteiger partial charge in [-0.25, -0.2) is 4.39 Å². The quantitative estimate of drug-likeness (QED) is 0.367. The van der Waals surface area contributed by atoms with Crippen molar-refractivity contribution in [2.24, 2.45) is 5.11 Å². The summed E-state index contributed by atoms with van der Waals surface area (Å²) in [4.78, 5) is 2.61. The molecule has 0 fully saturated rings. The Bertz CT molecular complexity index is 318. The summed E-state index contributed by atoms with van der Waals surface area (Å²) in [5.74, 6) is -0.336. The van der Waals surface area contributed by atoms with Gasteiger partial charge in [0.05, 0.1) is 6.04 Å². The van der Waals surface area contributed by atoms with Crippen LogP contribution in [-0.4, -0.2) is 0 Å². The highest BCUT2D eigenvalue weighted by Gasteiger charge is 2.06. The van der Waals surface area contributed by atoms with E-state index in [1.165, 1.54) is 6.07 Å². The van der Waals surface area contributed by atoms with Crippen molar-refractivity contribution in [1.82, 2.24) is 0 Å². The Labute approximate surface area is 69.5 Å². The lowest BCUT2D eigenvalue weighted by Gasteiger charge is -2.04. The average Bonchev–Trinajstić information content (AvgIpc) is 2.05. The zero-order valence-corrected chi connectivity index (χ0v) is 6.61. The lowest BCUT2D eigenvalue weighted by Crippen LogP contribution is -1.91. The van der Waals surface area contributed by atoms with Gasteiger partial charge in [0.15, 0.2) is 0 Å². The molecule has 0 N–H and O–H groups in total. The minimum Gasteiger partial charge on any atom is -0.207 e. The number of rotatable bonds is 2. The van der Waals surface area contributed by atoms with E-state index in [-0.39, 0.29) is 5.82 Å². The first-order valence-electron chi connectivity index (χ1n) is 3.54. The van der Waals surface area contributed by atoms with E-state index in [9.17, 15) is 4.39 Å². The summed E-state index contributed by atoms with van der Waals surface area (Å²) in [5.41, 5.74) is 8.55. The third-order valence-corrected chi connectivity index (χ3v) is 1.58. The van der Waals surface area contributed by atoms with Crippen LogP contribution in [0.4, 0.5) is 4.39 Å². The Balaban J connectivity index is 3.02. The van der Waals surface area contributed by atoms with Crippen molar-refractivity contribution < 1.29 is 4.39 Å². The fourth-order valence-corrected chi connectivity index (χ4v) is 0.954. The summed E-state index contributed by atoms with van der Waals surface area (Å²) in [6, 6.07) is 5.81. The lowest BCUT2D eigenvalue weighted by atomic mass is 10.1. The minimum absolute atomic E-state index is 0.336. The van der Waals surface area contributed by atoms with E-state index in [1.54, 1.807) is 25.1 Å². The van der Waals surface area contributed by atoms with Crippen LogP contribution in [0.5, 0.6) is 0 Å². The van der Waals surface area contributed by atoms with Gasteiger partial charge in [-0.2, -0.15) is 0 Å². The second kappa shape index (κ2) is 3.74. The van der Waals surface area contributed by atoms with Crippen LogP contribution in [0.1, 0.15) is 18.5 Å². The van der Waals surface area contributed by atoms with E-state index in [4.69, 9.17) is 5.53 Å². The van der Waals surface area contributed by atoms with E-state index in [2.05, 4.69) is 10.0 Å². The van der Waals surface area contributed by atoms with Crippen LogP contribution >= 0.6 is 0 Å². The summed E-state index contributed by atoms with van der Waals surface area (Å²) >= 11 is 0. The third kappa shape index (κ3) is 1.74. The maximum Gasteiger partial charge on any atom is 0.126 e. The Morgan fingerprint density at radius 2 is 2.17 bits per heavy atom. The van der Waals surface area contributed by atoms with Crippen LogP contribution in [0.25, 0.3) is 10.4 Å². The topological polar surface area (TPSA) is 48.8 Å². The molecule has 0 saturated heterocycles. The summed E-state index contributed by atoms with van der Waals surface area (Å²) < 4.78 is 13.0. The molecule has 1 atom stereocenters. The molecule has 0 heterocycles. The highest BCUT2D eigenvalue weighted by molar-refractivity contribution is 5.20. The lowest BCUT2D eigenvalue weighted by molar-refractivity contribution is 0.593. The van der Waals surface area contributed by atoms with Crippen molar-refractivity contribution >= 4 is 0 Å². The van der Waals surface area contributed by atoms with E-state index < -0.39 is 6.04 Å². The second-order valence-corrected chi connectivity index (χ2v) is 2.40. The van der Waals surface area contributed by atoms with Gasteiger partial charge in [0.2, 0.25) is 0 Å².